The number of carbonyl (C=O) groups is 4. The van der Waals surface area contributed by atoms with E-state index in [9.17, 15) is 24.3 Å². The van der Waals surface area contributed by atoms with Crippen molar-refractivity contribution in [1.29, 1.82) is 0 Å². The molecule has 3 heterocycles. The summed E-state index contributed by atoms with van der Waals surface area (Å²) in [5, 5.41) is 16.1. The molecule has 0 bridgehead atoms. The van der Waals surface area contributed by atoms with Crippen molar-refractivity contribution >= 4 is 34.6 Å². The number of carboxylic acids is 1. The molecule has 1 aromatic heterocycles. The van der Waals surface area contributed by atoms with Crippen molar-refractivity contribution in [1.82, 2.24) is 20.5 Å². The number of nitrogens with zero attached hydrogens (tertiary/aromatic N) is 1. The number of benzene rings is 2. The highest BCUT2D eigenvalue weighted by Crippen LogP contribution is 2.46. The second-order valence-electron chi connectivity index (χ2n) is 11.2. The number of aromatic amines is 1. The van der Waals surface area contributed by atoms with Gasteiger partial charge in [-0.25, -0.2) is 4.79 Å². The maximum Gasteiger partial charge on any atom is 0.326 e. The van der Waals surface area contributed by atoms with Crippen molar-refractivity contribution in [2.45, 2.75) is 64.7 Å². The molecule has 9 heteroatoms. The second kappa shape index (κ2) is 10.2. The normalized spacial score (nSPS) is 19.4. The third-order valence-corrected chi connectivity index (χ3v) is 7.72. The van der Waals surface area contributed by atoms with Crippen LogP contribution in [0.1, 0.15) is 67.3 Å². The van der Waals surface area contributed by atoms with Crippen LogP contribution in [0.15, 0.2) is 48.5 Å². The molecule has 2 aliphatic heterocycles. The van der Waals surface area contributed by atoms with E-state index in [0.717, 1.165) is 27.7 Å². The van der Waals surface area contributed by atoms with Crippen LogP contribution in [-0.2, 0) is 20.8 Å². The number of aliphatic carboxylic acids is 1. The van der Waals surface area contributed by atoms with E-state index in [2.05, 4.69) is 15.6 Å². The number of nitrogens with one attached hydrogen (secondary N) is 3. The van der Waals surface area contributed by atoms with Gasteiger partial charge in [-0.15, -0.1) is 0 Å². The van der Waals surface area contributed by atoms with Gasteiger partial charge in [0.25, 0.3) is 5.91 Å². The number of rotatable bonds is 8. The fourth-order valence-corrected chi connectivity index (χ4v) is 5.88. The van der Waals surface area contributed by atoms with Crippen LogP contribution in [0.2, 0.25) is 0 Å². The van der Waals surface area contributed by atoms with Crippen LogP contribution in [0.4, 0.5) is 0 Å². The number of H-pyrrole nitrogens is 1. The van der Waals surface area contributed by atoms with Gasteiger partial charge in [-0.3, -0.25) is 14.4 Å². The highest BCUT2D eigenvalue weighted by molar-refractivity contribution is 6.04. The third kappa shape index (κ3) is 4.66. The van der Waals surface area contributed by atoms with E-state index in [1.54, 1.807) is 24.8 Å². The molecule has 3 amide bonds. The second-order valence-corrected chi connectivity index (χ2v) is 11.2. The maximum atomic E-state index is 13.9. The van der Waals surface area contributed by atoms with Gasteiger partial charge >= 0.3 is 5.97 Å². The Bertz CT molecular complexity index is 1460. The van der Waals surface area contributed by atoms with Crippen LogP contribution in [0.3, 0.4) is 0 Å². The fourth-order valence-electron chi connectivity index (χ4n) is 5.88. The Morgan fingerprint density at radius 2 is 1.72 bits per heavy atom. The lowest BCUT2D eigenvalue weighted by Crippen LogP contribution is -2.59. The zero-order valence-corrected chi connectivity index (χ0v) is 22.5. The first-order chi connectivity index (χ1) is 18.6. The summed E-state index contributed by atoms with van der Waals surface area (Å²) >= 11 is 0. The van der Waals surface area contributed by atoms with Gasteiger partial charge in [0.05, 0.1) is 6.04 Å². The topological polar surface area (TPSA) is 132 Å². The first-order valence-corrected chi connectivity index (χ1v) is 13.4. The Balaban J connectivity index is 1.48. The van der Waals surface area contributed by atoms with Crippen LogP contribution in [0.5, 0.6) is 0 Å². The highest BCUT2D eigenvalue weighted by Gasteiger charge is 2.49. The van der Waals surface area contributed by atoms with Gasteiger partial charge in [-0.2, -0.15) is 0 Å². The van der Waals surface area contributed by atoms with Crippen LogP contribution in [0, 0.1) is 11.8 Å². The zero-order chi connectivity index (χ0) is 28.0. The van der Waals surface area contributed by atoms with Crippen molar-refractivity contribution < 1.29 is 24.3 Å². The molecule has 4 N–H and O–H groups in total. The number of carboxylic acid groups (broad SMARTS) is 1. The van der Waals surface area contributed by atoms with Gasteiger partial charge in [-0.1, -0.05) is 64.1 Å². The monoisotopic (exact) mass is 530 g/mol. The Morgan fingerprint density at radius 1 is 1.03 bits per heavy atom. The van der Waals surface area contributed by atoms with Crippen LogP contribution in [-0.4, -0.2) is 56.8 Å². The van der Waals surface area contributed by atoms with Gasteiger partial charge in [-0.05, 0) is 41.5 Å². The molecule has 0 saturated carbocycles. The fraction of sp³-hybridized carbons (Fsp3) is 0.400. The number of hydrogen-bond donors (Lipinski definition) is 4. The van der Waals surface area contributed by atoms with Gasteiger partial charge < -0.3 is 25.6 Å². The Morgan fingerprint density at radius 3 is 2.41 bits per heavy atom. The van der Waals surface area contributed by atoms with Crippen LogP contribution < -0.4 is 10.6 Å². The summed E-state index contributed by atoms with van der Waals surface area (Å²) < 4.78 is 0. The molecule has 0 saturated heterocycles. The molecule has 2 aliphatic rings. The minimum absolute atomic E-state index is 0.0610. The molecular formula is C30H34N4O5. The molecule has 3 aromatic rings. The molecule has 0 unspecified atom stereocenters. The van der Waals surface area contributed by atoms with Crippen molar-refractivity contribution in [3.05, 3.63) is 70.9 Å². The van der Waals surface area contributed by atoms with Gasteiger partial charge in [0, 0.05) is 28.6 Å². The Kier molecular flexibility index (Phi) is 6.92. The smallest absolute Gasteiger partial charge is 0.326 e. The third-order valence-electron chi connectivity index (χ3n) is 7.72. The molecule has 0 fully saturated rings. The molecule has 5 rings (SSSR count). The maximum absolute atomic E-state index is 13.9. The quantitative estimate of drug-likeness (QED) is 0.355. The summed E-state index contributed by atoms with van der Waals surface area (Å²) in [6.07, 6.45) is 0.562. The lowest BCUT2D eigenvalue weighted by Gasteiger charge is -2.38. The van der Waals surface area contributed by atoms with E-state index in [4.69, 9.17) is 0 Å². The summed E-state index contributed by atoms with van der Waals surface area (Å²) in [5.74, 6) is -2.59. The molecule has 9 nitrogen and oxygen atoms in total. The minimum atomic E-state index is -1.12. The summed E-state index contributed by atoms with van der Waals surface area (Å²) in [5.41, 5.74) is 4.20. The molecule has 39 heavy (non-hydrogen) atoms. The van der Waals surface area contributed by atoms with Crippen molar-refractivity contribution in [3.63, 3.8) is 0 Å². The van der Waals surface area contributed by atoms with Gasteiger partial charge in [0.2, 0.25) is 11.8 Å². The van der Waals surface area contributed by atoms with E-state index in [1.165, 1.54) is 0 Å². The van der Waals surface area contributed by atoms with Crippen LogP contribution in [0.25, 0.3) is 10.9 Å². The molecule has 0 spiro atoms. The zero-order valence-electron chi connectivity index (χ0n) is 22.5. The predicted octanol–water partition coefficient (Wildman–Crippen LogP) is 3.39. The Labute approximate surface area is 227 Å². The SMILES string of the molecule is CC(C)C[C@H](NC(=O)[C@@H](NC(=O)[C@@H]1Cc2c([nH]c3ccccc23)[C@H]2c3ccccc3C(=O)N21)C(C)C)C(=O)O. The lowest BCUT2D eigenvalue weighted by molar-refractivity contribution is -0.143. The summed E-state index contributed by atoms with van der Waals surface area (Å²) in [4.78, 5) is 57.6. The molecular weight excluding hydrogens is 496 g/mol. The minimum Gasteiger partial charge on any atom is -0.480 e. The van der Waals surface area contributed by atoms with E-state index >= 15 is 0 Å². The number of hydrogen-bond acceptors (Lipinski definition) is 4. The van der Waals surface area contributed by atoms with Crippen molar-refractivity contribution in [2.75, 3.05) is 0 Å². The molecule has 2 aromatic carbocycles. The van der Waals surface area contributed by atoms with Crippen LogP contribution >= 0.6 is 0 Å². The molecule has 4 atom stereocenters. The summed E-state index contributed by atoms with van der Waals surface area (Å²) in [6.45, 7) is 7.35. The largest absolute Gasteiger partial charge is 0.480 e. The first kappa shape index (κ1) is 26.5. The average molecular weight is 531 g/mol. The van der Waals surface area contributed by atoms with E-state index in [-0.39, 0.29) is 24.2 Å². The van der Waals surface area contributed by atoms with E-state index in [1.807, 2.05) is 56.3 Å². The summed E-state index contributed by atoms with van der Waals surface area (Å²) in [6, 6.07) is 11.9. The first-order valence-electron chi connectivity index (χ1n) is 13.4. The number of carbonyl (C=O) groups excluding carboxylic acids is 3. The number of fused-ring (bicyclic) bond motifs is 7. The van der Waals surface area contributed by atoms with E-state index in [0.29, 0.717) is 12.0 Å². The van der Waals surface area contributed by atoms with Gasteiger partial charge in [0.1, 0.15) is 18.1 Å². The predicted molar refractivity (Wildman–Crippen MR) is 146 cm³/mol. The molecule has 0 aliphatic carbocycles. The lowest BCUT2D eigenvalue weighted by atomic mass is 9.89. The average Bonchev–Trinajstić information content (AvgIpc) is 3.41. The molecule has 204 valence electrons. The number of amides is 3. The highest BCUT2D eigenvalue weighted by atomic mass is 16.4. The number of para-hydroxylation sites is 1. The standard InChI is InChI=1S/C30H34N4O5/c1-15(2)13-22(30(38)39)32-28(36)24(16(3)4)33-27(35)23-14-20-17-9-7-8-12-21(17)31-25(20)26-18-10-5-6-11-19(18)29(37)34(23)26/h5-12,15-16,22-24,26,31H,13-14H2,1-4H3,(H,32,36)(H,33,35)(H,38,39)/t22-,23-,24-,26+/m0/s1. The summed E-state index contributed by atoms with van der Waals surface area (Å²) in [7, 11) is 0. The number of aromatic nitrogens is 1. The Hall–Kier alpha value is -4.14. The van der Waals surface area contributed by atoms with E-state index < -0.39 is 42.0 Å². The van der Waals surface area contributed by atoms with Crippen molar-refractivity contribution in [3.8, 4) is 0 Å². The molecule has 0 radical (unpaired) electrons. The van der Waals surface area contributed by atoms with Crippen molar-refractivity contribution in [2.24, 2.45) is 11.8 Å². The van der Waals surface area contributed by atoms with Gasteiger partial charge in [0.15, 0.2) is 0 Å².